The van der Waals surface area contributed by atoms with Crippen molar-refractivity contribution in [3.63, 3.8) is 0 Å². The molecule has 0 radical (unpaired) electrons. The predicted octanol–water partition coefficient (Wildman–Crippen LogP) is 2.76. The first kappa shape index (κ1) is 13.6. The minimum Gasteiger partial charge on any atom is -0.489 e. The van der Waals surface area contributed by atoms with Gasteiger partial charge in [0, 0.05) is 0 Å². The monoisotopic (exact) mass is 315 g/mol. The van der Waals surface area contributed by atoms with Crippen LogP contribution in [0.3, 0.4) is 0 Å². The molecule has 2 aliphatic rings. The lowest BCUT2D eigenvalue weighted by Gasteiger charge is -2.30. The van der Waals surface area contributed by atoms with Crippen molar-refractivity contribution in [2.75, 3.05) is 17.5 Å². The minimum atomic E-state index is -3.54. The molecule has 0 saturated heterocycles. The zero-order valence-corrected chi connectivity index (χ0v) is 13.0. The van der Waals surface area contributed by atoms with Gasteiger partial charge in [-0.3, -0.25) is 4.31 Å². The van der Waals surface area contributed by atoms with Crippen molar-refractivity contribution in [1.82, 2.24) is 0 Å². The summed E-state index contributed by atoms with van der Waals surface area (Å²) in [6.07, 6.45) is 3.13. The number of para-hydroxylation sites is 2. The van der Waals surface area contributed by atoms with Crippen molar-refractivity contribution in [2.24, 2.45) is 0 Å². The summed E-state index contributed by atoms with van der Waals surface area (Å²) in [4.78, 5) is 0.379. The molecule has 114 valence electrons. The second kappa shape index (κ2) is 5.02. The largest absolute Gasteiger partial charge is 0.489 e. The molecule has 0 fully saturated rings. The summed E-state index contributed by atoms with van der Waals surface area (Å²) in [5, 5.41) is 0. The van der Waals surface area contributed by atoms with Crippen LogP contribution >= 0.6 is 0 Å². The summed E-state index contributed by atoms with van der Waals surface area (Å²) < 4.78 is 33.1. The SMILES string of the molecule is O=S(=O)(c1ccc2c(c1)CCC2)N1CCOc2ccccc21. The van der Waals surface area contributed by atoms with E-state index in [0.29, 0.717) is 29.5 Å². The molecular formula is C17H17NO3S. The average Bonchev–Trinajstić information content (AvgIpc) is 3.02. The normalized spacial score (nSPS) is 16.8. The van der Waals surface area contributed by atoms with E-state index < -0.39 is 10.0 Å². The first-order valence-corrected chi connectivity index (χ1v) is 8.97. The summed E-state index contributed by atoms with van der Waals surface area (Å²) in [6.45, 7) is 0.720. The Morgan fingerprint density at radius 2 is 1.82 bits per heavy atom. The number of anilines is 1. The third-order valence-corrected chi connectivity index (χ3v) is 6.15. The van der Waals surface area contributed by atoms with Crippen LogP contribution in [0.2, 0.25) is 0 Å². The number of fused-ring (bicyclic) bond motifs is 2. The molecule has 4 nitrogen and oxygen atoms in total. The Morgan fingerprint density at radius 3 is 2.73 bits per heavy atom. The highest BCUT2D eigenvalue weighted by Crippen LogP contribution is 2.35. The first-order chi connectivity index (χ1) is 10.7. The molecule has 0 spiro atoms. The molecule has 5 heteroatoms. The number of rotatable bonds is 2. The van der Waals surface area contributed by atoms with Gasteiger partial charge in [0.1, 0.15) is 12.4 Å². The molecule has 0 aromatic heterocycles. The van der Waals surface area contributed by atoms with Crippen molar-refractivity contribution in [2.45, 2.75) is 24.2 Å². The Morgan fingerprint density at radius 1 is 1.00 bits per heavy atom. The Balaban J connectivity index is 1.79. The molecule has 0 saturated carbocycles. The van der Waals surface area contributed by atoms with Crippen molar-refractivity contribution >= 4 is 15.7 Å². The summed E-state index contributed by atoms with van der Waals surface area (Å²) in [6, 6.07) is 12.8. The van der Waals surface area contributed by atoms with Gasteiger partial charge >= 0.3 is 0 Å². The van der Waals surface area contributed by atoms with Gasteiger partial charge in [0.05, 0.1) is 17.1 Å². The van der Waals surface area contributed by atoms with E-state index in [9.17, 15) is 8.42 Å². The van der Waals surface area contributed by atoms with Crippen LogP contribution in [0.5, 0.6) is 5.75 Å². The van der Waals surface area contributed by atoms with Gasteiger partial charge in [-0.25, -0.2) is 8.42 Å². The van der Waals surface area contributed by atoms with Gasteiger partial charge in [0.2, 0.25) is 0 Å². The van der Waals surface area contributed by atoms with Crippen LogP contribution in [0.15, 0.2) is 47.4 Å². The highest BCUT2D eigenvalue weighted by Gasteiger charge is 2.30. The van der Waals surface area contributed by atoms with Gasteiger partial charge in [0.25, 0.3) is 10.0 Å². The van der Waals surface area contributed by atoms with Crippen LogP contribution in [0.1, 0.15) is 17.5 Å². The Bertz CT molecular complexity index is 830. The van der Waals surface area contributed by atoms with Crippen LogP contribution in [0.25, 0.3) is 0 Å². The number of hydrogen-bond donors (Lipinski definition) is 0. The van der Waals surface area contributed by atoms with Crippen LogP contribution in [-0.2, 0) is 22.9 Å². The molecular weight excluding hydrogens is 298 g/mol. The Kier molecular flexibility index (Phi) is 3.11. The molecule has 0 N–H and O–H groups in total. The first-order valence-electron chi connectivity index (χ1n) is 7.53. The van der Waals surface area contributed by atoms with E-state index in [2.05, 4.69) is 0 Å². The lowest BCUT2D eigenvalue weighted by Crippen LogP contribution is -2.37. The van der Waals surface area contributed by atoms with Gasteiger partial charge in [0.15, 0.2) is 0 Å². The van der Waals surface area contributed by atoms with E-state index in [1.54, 1.807) is 18.2 Å². The van der Waals surface area contributed by atoms with E-state index >= 15 is 0 Å². The summed E-state index contributed by atoms with van der Waals surface area (Å²) >= 11 is 0. The molecule has 0 unspecified atom stereocenters. The average molecular weight is 315 g/mol. The van der Waals surface area contributed by atoms with Crippen LogP contribution in [0.4, 0.5) is 5.69 Å². The number of hydrogen-bond acceptors (Lipinski definition) is 3. The van der Waals surface area contributed by atoms with Crippen molar-refractivity contribution in [3.8, 4) is 5.75 Å². The van der Waals surface area contributed by atoms with Gasteiger partial charge in [-0.2, -0.15) is 0 Å². The molecule has 1 heterocycles. The molecule has 1 aliphatic heterocycles. The van der Waals surface area contributed by atoms with Crippen molar-refractivity contribution in [3.05, 3.63) is 53.6 Å². The molecule has 0 bridgehead atoms. The molecule has 0 amide bonds. The van der Waals surface area contributed by atoms with Gasteiger partial charge in [-0.15, -0.1) is 0 Å². The second-order valence-corrected chi connectivity index (χ2v) is 7.54. The molecule has 22 heavy (non-hydrogen) atoms. The van der Waals surface area contributed by atoms with Gasteiger partial charge in [-0.1, -0.05) is 18.2 Å². The van der Waals surface area contributed by atoms with E-state index in [1.165, 1.54) is 15.4 Å². The van der Waals surface area contributed by atoms with Crippen molar-refractivity contribution < 1.29 is 13.2 Å². The maximum Gasteiger partial charge on any atom is 0.264 e. The van der Waals surface area contributed by atoms with E-state index in [-0.39, 0.29) is 0 Å². The highest BCUT2D eigenvalue weighted by molar-refractivity contribution is 7.92. The van der Waals surface area contributed by atoms with Crippen molar-refractivity contribution in [1.29, 1.82) is 0 Å². The van der Waals surface area contributed by atoms with E-state index in [4.69, 9.17) is 4.74 Å². The maximum atomic E-state index is 13.0. The van der Waals surface area contributed by atoms with Gasteiger partial charge in [-0.05, 0) is 54.7 Å². The highest BCUT2D eigenvalue weighted by atomic mass is 32.2. The fraction of sp³-hybridized carbons (Fsp3) is 0.294. The van der Waals surface area contributed by atoms with Crippen LogP contribution < -0.4 is 9.04 Å². The number of benzene rings is 2. The Labute approximate surface area is 130 Å². The zero-order valence-electron chi connectivity index (χ0n) is 12.2. The molecule has 0 atom stereocenters. The fourth-order valence-corrected chi connectivity index (χ4v) is 4.74. The minimum absolute atomic E-state index is 0.344. The third-order valence-electron chi connectivity index (χ3n) is 4.34. The fourth-order valence-electron chi connectivity index (χ4n) is 3.23. The van der Waals surface area contributed by atoms with Crippen LogP contribution in [0, 0.1) is 0 Å². The lowest BCUT2D eigenvalue weighted by atomic mass is 10.1. The standard InChI is InChI=1S/C17H17NO3S/c19-22(20,15-9-8-13-4-3-5-14(13)12-15)18-10-11-21-17-7-2-1-6-16(17)18/h1-2,6-9,12H,3-5,10-11H2. The molecule has 4 rings (SSSR count). The summed E-state index contributed by atoms with van der Waals surface area (Å²) in [7, 11) is -3.54. The summed E-state index contributed by atoms with van der Waals surface area (Å²) in [5.41, 5.74) is 3.07. The number of ether oxygens (including phenoxy) is 1. The third kappa shape index (κ3) is 2.08. The van der Waals surface area contributed by atoms with E-state index in [0.717, 1.165) is 19.3 Å². The van der Waals surface area contributed by atoms with E-state index in [1.807, 2.05) is 24.3 Å². The molecule has 1 aliphatic carbocycles. The van der Waals surface area contributed by atoms with Gasteiger partial charge < -0.3 is 4.74 Å². The molecule has 2 aromatic carbocycles. The maximum absolute atomic E-state index is 13.0. The smallest absolute Gasteiger partial charge is 0.264 e. The second-order valence-electron chi connectivity index (χ2n) is 5.68. The summed E-state index contributed by atoms with van der Waals surface area (Å²) in [5.74, 6) is 0.624. The Hall–Kier alpha value is -2.01. The zero-order chi connectivity index (χ0) is 15.2. The quantitative estimate of drug-likeness (QED) is 0.856. The topological polar surface area (TPSA) is 46.6 Å². The molecule has 2 aromatic rings. The lowest BCUT2D eigenvalue weighted by molar-refractivity contribution is 0.316. The number of sulfonamides is 1. The predicted molar refractivity (Wildman–Crippen MR) is 84.9 cm³/mol. The number of nitrogens with zero attached hydrogens (tertiary/aromatic N) is 1. The number of aryl methyl sites for hydroxylation is 2. The van der Waals surface area contributed by atoms with Crippen LogP contribution in [-0.4, -0.2) is 21.6 Å².